The maximum absolute atomic E-state index is 12.6. The molecule has 1 amide bonds. The molecular weight excluding hydrogens is 300 g/mol. The fraction of sp³-hybridized carbons (Fsp3) is 0.450. The fourth-order valence-electron chi connectivity index (χ4n) is 2.65. The van der Waals surface area contributed by atoms with Crippen molar-refractivity contribution in [3.05, 3.63) is 47.7 Å². The molecule has 0 unspecified atom stereocenters. The van der Waals surface area contributed by atoms with Gasteiger partial charge in [-0.3, -0.25) is 4.79 Å². The third kappa shape index (κ3) is 4.71. The lowest BCUT2D eigenvalue weighted by atomic mass is 10.1. The van der Waals surface area contributed by atoms with Crippen LogP contribution >= 0.6 is 0 Å². The second kappa shape index (κ2) is 8.69. The van der Waals surface area contributed by atoms with E-state index in [4.69, 9.17) is 4.42 Å². The van der Waals surface area contributed by atoms with Crippen molar-refractivity contribution in [3.8, 4) is 11.3 Å². The van der Waals surface area contributed by atoms with Crippen molar-refractivity contribution in [2.45, 2.75) is 26.7 Å². The summed E-state index contributed by atoms with van der Waals surface area (Å²) in [5.41, 5.74) is 2.29. The predicted molar refractivity (Wildman–Crippen MR) is 98.3 cm³/mol. The average Bonchev–Trinajstić information content (AvgIpc) is 3.08. The zero-order valence-electron chi connectivity index (χ0n) is 15.2. The number of aryl methyl sites for hydroxylation is 1. The van der Waals surface area contributed by atoms with Gasteiger partial charge < -0.3 is 14.2 Å². The van der Waals surface area contributed by atoms with E-state index in [0.717, 1.165) is 37.3 Å². The van der Waals surface area contributed by atoms with Gasteiger partial charge >= 0.3 is 0 Å². The van der Waals surface area contributed by atoms with Crippen molar-refractivity contribution < 1.29 is 9.21 Å². The van der Waals surface area contributed by atoms with Gasteiger partial charge in [0, 0.05) is 18.7 Å². The molecule has 1 aromatic heterocycles. The molecule has 0 bridgehead atoms. The zero-order valence-corrected chi connectivity index (χ0v) is 15.2. The number of carbonyl (C=O) groups is 1. The molecule has 0 aliphatic carbocycles. The van der Waals surface area contributed by atoms with Gasteiger partial charge in [-0.05, 0) is 58.1 Å². The van der Waals surface area contributed by atoms with E-state index in [-0.39, 0.29) is 5.91 Å². The standard InChI is InChI=1S/C20H28N2O2/c1-5-16-8-10-17(11-9-16)18-12-13-19(24-18)20(23)22(6-2)15-7-14-21(3)4/h8-13H,5-7,14-15H2,1-4H3. The summed E-state index contributed by atoms with van der Waals surface area (Å²) in [5, 5.41) is 0. The number of furan rings is 1. The Balaban J connectivity index is 2.05. The summed E-state index contributed by atoms with van der Waals surface area (Å²) in [7, 11) is 4.08. The Kier molecular flexibility index (Phi) is 6.62. The van der Waals surface area contributed by atoms with Gasteiger partial charge in [0.2, 0.25) is 0 Å². The van der Waals surface area contributed by atoms with E-state index >= 15 is 0 Å². The highest BCUT2D eigenvalue weighted by atomic mass is 16.4. The van der Waals surface area contributed by atoms with Gasteiger partial charge in [0.25, 0.3) is 5.91 Å². The van der Waals surface area contributed by atoms with Gasteiger partial charge in [0.05, 0.1) is 0 Å². The molecule has 130 valence electrons. The Morgan fingerprint density at radius 3 is 2.29 bits per heavy atom. The molecule has 0 fully saturated rings. The van der Waals surface area contributed by atoms with Crippen LogP contribution in [0.3, 0.4) is 0 Å². The third-order valence-electron chi connectivity index (χ3n) is 4.17. The highest BCUT2D eigenvalue weighted by Crippen LogP contribution is 2.23. The molecule has 4 nitrogen and oxygen atoms in total. The smallest absolute Gasteiger partial charge is 0.289 e. The monoisotopic (exact) mass is 328 g/mol. The summed E-state index contributed by atoms with van der Waals surface area (Å²) >= 11 is 0. The summed E-state index contributed by atoms with van der Waals surface area (Å²) in [6.45, 7) is 6.54. The largest absolute Gasteiger partial charge is 0.451 e. The molecular formula is C20H28N2O2. The van der Waals surface area contributed by atoms with E-state index in [0.29, 0.717) is 12.3 Å². The lowest BCUT2D eigenvalue weighted by Gasteiger charge is -2.20. The van der Waals surface area contributed by atoms with Crippen LogP contribution in [0.5, 0.6) is 0 Å². The minimum atomic E-state index is -0.0346. The van der Waals surface area contributed by atoms with E-state index in [1.54, 1.807) is 6.07 Å². The molecule has 0 aliphatic rings. The average molecular weight is 328 g/mol. The van der Waals surface area contributed by atoms with Crippen LogP contribution in [0.4, 0.5) is 0 Å². The van der Waals surface area contributed by atoms with E-state index in [1.807, 2.05) is 44.1 Å². The Morgan fingerprint density at radius 1 is 1.00 bits per heavy atom. The molecule has 0 saturated heterocycles. The molecule has 4 heteroatoms. The predicted octanol–water partition coefficient (Wildman–Crippen LogP) is 3.92. The molecule has 1 aromatic carbocycles. The van der Waals surface area contributed by atoms with Gasteiger partial charge in [-0.2, -0.15) is 0 Å². The Labute approximate surface area is 145 Å². The quantitative estimate of drug-likeness (QED) is 0.737. The van der Waals surface area contributed by atoms with Crippen molar-refractivity contribution in [2.24, 2.45) is 0 Å². The molecule has 2 aromatic rings. The molecule has 0 spiro atoms. The normalized spacial score (nSPS) is 11.0. The summed E-state index contributed by atoms with van der Waals surface area (Å²) in [5.74, 6) is 1.12. The lowest BCUT2D eigenvalue weighted by molar-refractivity contribution is 0.0728. The Bertz CT molecular complexity index is 644. The summed E-state index contributed by atoms with van der Waals surface area (Å²) in [6.07, 6.45) is 1.97. The van der Waals surface area contributed by atoms with E-state index in [1.165, 1.54) is 5.56 Å². The maximum Gasteiger partial charge on any atom is 0.289 e. The number of amides is 1. The van der Waals surface area contributed by atoms with Crippen molar-refractivity contribution in [1.82, 2.24) is 9.80 Å². The van der Waals surface area contributed by atoms with E-state index < -0.39 is 0 Å². The topological polar surface area (TPSA) is 36.7 Å². The van der Waals surface area contributed by atoms with Crippen LogP contribution in [0.1, 0.15) is 36.4 Å². The van der Waals surface area contributed by atoms with Gasteiger partial charge in [-0.1, -0.05) is 31.2 Å². The second-order valence-electron chi connectivity index (χ2n) is 6.26. The number of benzene rings is 1. The number of carbonyl (C=O) groups excluding carboxylic acids is 1. The van der Waals surface area contributed by atoms with Crippen LogP contribution in [0.2, 0.25) is 0 Å². The van der Waals surface area contributed by atoms with Crippen molar-refractivity contribution in [2.75, 3.05) is 33.7 Å². The molecule has 1 heterocycles. The first-order valence-electron chi connectivity index (χ1n) is 8.68. The number of rotatable bonds is 8. The number of hydrogen-bond acceptors (Lipinski definition) is 3. The van der Waals surface area contributed by atoms with Crippen LogP contribution in [-0.2, 0) is 6.42 Å². The minimum Gasteiger partial charge on any atom is -0.451 e. The highest BCUT2D eigenvalue weighted by Gasteiger charge is 2.18. The van der Waals surface area contributed by atoms with Crippen molar-refractivity contribution in [3.63, 3.8) is 0 Å². The molecule has 24 heavy (non-hydrogen) atoms. The summed E-state index contributed by atoms with van der Waals surface area (Å²) < 4.78 is 5.81. The summed E-state index contributed by atoms with van der Waals surface area (Å²) in [4.78, 5) is 16.6. The Hall–Kier alpha value is -2.07. The molecule has 0 saturated carbocycles. The Morgan fingerprint density at radius 2 is 1.71 bits per heavy atom. The first-order valence-corrected chi connectivity index (χ1v) is 8.68. The second-order valence-corrected chi connectivity index (χ2v) is 6.26. The maximum atomic E-state index is 12.6. The first-order chi connectivity index (χ1) is 11.5. The zero-order chi connectivity index (χ0) is 17.5. The van der Waals surface area contributed by atoms with Crippen LogP contribution in [0.15, 0.2) is 40.8 Å². The minimum absolute atomic E-state index is 0.0346. The fourth-order valence-corrected chi connectivity index (χ4v) is 2.65. The SMILES string of the molecule is CCc1ccc(-c2ccc(C(=O)N(CC)CCCN(C)C)o2)cc1. The van der Waals surface area contributed by atoms with Gasteiger partial charge in [0.15, 0.2) is 5.76 Å². The van der Waals surface area contributed by atoms with Crippen LogP contribution in [-0.4, -0.2) is 49.4 Å². The lowest BCUT2D eigenvalue weighted by Crippen LogP contribution is -2.33. The van der Waals surface area contributed by atoms with Crippen LogP contribution in [0.25, 0.3) is 11.3 Å². The van der Waals surface area contributed by atoms with E-state index in [2.05, 4.69) is 24.0 Å². The molecule has 0 N–H and O–H groups in total. The van der Waals surface area contributed by atoms with Gasteiger partial charge in [-0.15, -0.1) is 0 Å². The molecule has 2 rings (SSSR count). The first kappa shape index (κ1) is 18.3. The van der Waals surface area contributed by atoms with Gasteiger partial charge in [0.1, 0.15) is 5.76 Å². The number of nitrogens with zero attached hydrogens (tertiary/aromatic N) is 2. The molecule has 0 aliphatic heterocycles. The highest BCUT2D eigenvalue weighted by molar-refractivity contribution is 5.92. The van der Waals surface area contributed by atoms with E-state index in [9.17, 15) is 4.79 Å². The molecule has 0 radical (unpaired) electrons. The van der Waals surface area contributed by atoms with Gasteiger partial charge in [-0.25, -0.2) is 0 Å². The van der Waals surface area contributed by atoms with Crippen molar-refractivity contribution in [1.29, 1.82) is 0 Å². The van der Waals surface area contributed by atoms with Crippen molar-refractivity contribution >= 4 is 5.91 Å². The number of hydrogen-bond donors (Lipinski definition) is 0. The third-order valence-corrected chi connectivity index (χ3v) is 4.17. The molecule has 0 atom stereocenters. The van der Waals surface area contributed by atoms with Crippen LogP contribution in [0, 0.1) is 0 Å². The van der Waals surface area contributed by atoms with Crippen LogP contribution < -0.4 is 0 Å². The summed E-state index contributed by atoms with van der Waals surface area (Å²) in [6, 6.07) is 11.9.